The predicted octanol–water partition coefficient (Wildman–Crippen LogP) is 2.46. The van der Waals surface area contributed by atoms with Crippen molar-refractivity contribution in [3.05, 3.63) is 59.2 Å². The highest BCUT2D eigenvalue weighted by Crippen LogP contribution is 2.24. The number of carboxylic acid groups (broad SMARTS) is 1. The SMILES string of the molecule is COc1ccc(C(=O)O)cc1COc1ccccc1CO. The third-order valence-electron chi connectivity index (χ3n) is 3.05. The van der Waals surface area contributed by atoms with Crippen molar-refractivity contribution in [2.75, 3.05) is 7.11 Å². The summed E-state index contributed by atoms with van der Waals surface area (Å²) in [6.45, 7) is 0.0315. The van der Waals surface area contributed by atoms with Crippen molar-refractivity contribution in [2.45, 2.75) is 13.2 Å². The third kappa shape index (κ3) is 3.52. The Morgan fingerprint density at radius 2 is 1.86 bits per heavy atom. The van der Waals surface area contributed by atoms with Crippen LogP contribution in [0, 0.1) is 0 Å². The van der Waals surface area contributed by atoms with Crippen LogP contribution in [-0.4, -0.2) is 23.3 Å². The zero-order valence-corrected chi connectivity index (χ0v) is 11.6. The first-order chi connectivity index (χ1) is 10.2. The van der Waals surface area contributed by atoms with Gasteiger partial charge in [-0.05, 0) is 24.3 Å². The van der Waals surface area contributed by atoms with E-state index in [1.54, 1.807) is 24.3 Å². The third-order valence-corrected chi connectivity index (χ3v) is 3.05. The van der Waals surface area contributed by atoms with Crippen molar-refractivity contribution < 1.29 is 24.5 Å². The number of methoxy groups -OCH3 is 1. The zero-order valence-electron chi connectivity index (χ0n) is 11.6. The summed E-state index contributed by atoms with van der Waals surface area (Å²) in [7, 11) is 1.51. The molecule has 2 N–H and O–H groups in total. The van der Waals surface area contributed by atoms with E-state index in [9.17, 15) is 9.90 Å². The summed E-state index contributed by atoms with van der Waals surface area (Å²) in [5, 5.41) is 18.3. The number of benzene rings is 2. The Balaban J connectivity index is 2.22. The summed E-state index contributed by atoms with van der Waals surface area (Å²) in [5.74, 6) is 0.110. The van der Waals surface area contributed by atoms with Crippen molar-refractivity contribution >= 4 is 5.97 Å². The number of aliphatic hydroxyl groups is 1. The molecule has 0 spiro atoms. The van der Waals surface area contributed by atoms with Crippen LogP contribution < -0.4 is 9.47 Å². The highest BCUT2D eigenvalue weighted by atomic mass is 16.5. The molecule has 0 aliphatic heterocycles. The van der Waals surface area contributed by atoms with Crippen molar-refractivity contribution in [1.82, 2.24) is 0 Å². The van der Waals surface area contributed by atoms with E-state index < -0.39 is 5.97 Å². The van der Waals surface area contributed by atoms with Crippen LogP contribution >= 0.6 is 0 Å². The molecule has 0 saturated carbocycles. The van der Waals surface area contributed by atoms with E-state index in [2.05, 4.69) is 0 Å². The Kier molecular flexibility index (Phi) is 4.79. The van der Waals surface area contributed by atoms with Gasteiger partial charge in [0.15, 0.2) is 0 Å². The number of rotatable bonds is 6. The Bertz CT molecular complexity index is 636. The van der Waals surface area contributed by atoms with Crippen molar-refractivity contribution in [2.24, 2.45) is 0 Å². The zero-order chi connectivity index (χ0) is 15.2. The molecule has 2 aromatic rings. The molecular formula is C16H16O5. The molecule has 110 valence electrons. The van der Waals surface area contributed by atoms with E-state index in [1.807, 2.05) is 6.07 Å². The van der Waals surface area contributed by atoms with E-state index in [4.69, 9.17) is 14.6 Å². The van der Waals surface area contributed by atoms with E-state index in [1.165, 1.54) is 19.2 Å². The second-order valence-electron chi connectivity index (χ2n) is 4.39. The molecule has 2 aromatic carbocycles. The van der Waals surface area contributed by atoms with Gasteiger partial charge in [0.1, 0.15) is 18.1 Å². The van der Waals surface area contributed by atoms with Crippen LogP contribution in [-0.2, 0) is 13.2 Å². The molecule has 0 amide bonds. The molecule has 0 aromatic heterocycles. The molecule has 0 heterocycles. The first-order valence-corrected chi connectivity index (χ1v) is 6.37. The second-order valence-corrected chi connectivity index (χ2v) is 4.39. The van der Waals surface area contributed by atoms with E-state index in [0.29, 0.717) is 22.6 Å². The van der Waals surface area contributed by atoms with Crippen LogP contribution in [0.15, 0.2) is 42.5 Å². The predicted molar refractivity (Wildman–Crippen MR) is 76.7 cm³/mol. The van der Waals surface area contributed by atoms with E-state index in [0.717, 1.165) is 0 Å². The number of carboxylic acids is 1. The molecule has 5 heteroatoms. The summed E-state index contributed by atoms with van der Waals surface area (Å²) in [5.41, 5.74) is 1.47. The maximum Gasteiger partial charge on any atom is 0.335 e. The second kappa shape index (κ2) is 6.76. The molecule has 0 radical (unpaired) electrons. The summed E-state index contributed by atoms with van der Waals surface area (Å²) >= 11 is 0. The van der Waals surface area contributed by atoms with Gasteiger partial charge in [0.2, 0.25) is 0 Å². The molecule has 2 rings (SSSR count). The summed E-state index contributed by atoms with van der Waals surface area (Å²) in [6.07, 6.45) is 0. The topological polar surface area (TPSA) is 76.0 Å². The highest BCUT2D eigenvalue weighted by Gasteiger charge is 2.10. The Morgan fingerprint density at radius 3 is 2.52 bits per heavy atom. The summed E-state index contributed by atoms with van der Waals surface area (Å²) < 4.78 is 10.9. The normalized spacial score (nSPS) is 10.2. The molecule has 0 aliphatic carbocycles. The fourth-order valence-electron chi connectivity index (χ4n) is 1.96. The van der Waals surface area contributed by atoms with Crippen LogP contribution in [0.4, 0.5) is 0 Å². The van der Waals surface area contributed by atoms with E-state index >= 15 is 0 Å². The van der Waals surface area contributed by atoms with Gasteiger partial charge in [0, 0.05) is 11.1 Å². The van der Waals surface area contributed by atoms with Gasteiger partial charge in [-0.15, -0.1) is 0 Å². The molecule has 21 heavy (non-hydrogen) atoms. The number of aromatic carboxylic acids is 1. The lowest BCUT2D eigenvalue weighted by molar-refractivity contribution is 0.0696. The molecule has 0 atom stereocenters. The monoisotopic (exact) mass is 288 g/mol. The first kappa shape index (κ1) is 14.9. The molecular weight excluding hydrogens is 272 g/mol. The van der Waals surface area contributed by atoms with Crippen LogP contribution in [0.5, 0.6) is 11.5 Å². The van der Waals surface area contributed by atoms with Gasteiger partial charge in [0.25, 0.3) is 0 Å². The summed E-state index contributed by atoms with van der Waals surface area (Å²) in [4.78, 5) is 11.0. The highest BCUT2D eigenvalue weighted by molar-refractivity contribution is 5.88. The van der Waals surface area contributed by atoms with Gasteiger partial charge in [-0.2, -0.15) is 0 Å². The molecule has 0 bridgehead atoms. The Labute approximate surface area is 122 Å². The Hall–Kier alpha value is -2.53. The maximum absolute atomic E-state index is 11.0. The lowest BCUT2D eigenvalue weighted by Crippen LogP contribution is -2.04. The fourth-order valence-corrected chi connectivity index (χ4v) is 1.96. The lowest BCUT2D eigenvalue weighted by Gasteiger charge is -2.13. The molecule has 0 aliphatic rings. The van der Waals surface area contributed by atoms with Crippen LogP contribution in [0.3, 0.4) is 0 Å². The van der Waals surface area contributed by atoms with Gasteiger partial charge in [-0.25, -0.2) is 4.79 Å². The minimum Gasteiger partial charge on any atom is -0.496 e. The van der Waals surface area contributed by atoms with Gasteiger partial charge in [0.05, 0.1) is 19.3 Å². The smallest absolute Gasteiger partial charge is 0.335 e. The number of hydrogen-bond donors (Lipinski definition) is 2. The number of aliphatic hydroxyl groups excluding tert-OH is 1. The fraction of sp³-hybridized carbons (Fsp3) is 0.188. The number of ether oxygens (including phenoxy) is 2. The van der Waals surface area contributed by atoms with Crippen molar-refractivity contribution in [1.29, 1.82) is 0 Å². The first-order valence-electron chi connectivity index (χ1n) is 6.37. The van der Waals surface area contributed by atoms with Gasteiger partial charge in [-0.1, -0.05) is 18.2 Å². The molecule has 0 unspecified atom stereocenters. The van der Waals surface area contributed by atoms with Gasteiger partial charge in [-0.3, -0.25) is 0 Å². The Morgan fingerprint density at radius 1 is 1.10 bits per heavy atom. The lowest BCUT2D eigenvalue weighted by atomic mass is 10.1. The largest absolute Gasteiger partial charge is 0.496 e. The van der Waals surface area contributed by atoms with Crippen LogP contribution in [0.1, 0.15) is 21.5 Å². The standard InChI is InChI=1S/C16H16O5/c1-20-14-7-6-11(16(18)19)8-13(14)10-21-15-5-3-2-4-12(15)9-17/h2-8,17H,9-10H2,1H3,(H,18,19). The number of carbonyl (C=O) groups is 1. The van der Waals surface area contributed by atoms with Gasteiger partial charge < -0.3 is 19.7 Å². The molecule has 0 saturated heterocycles. The minimum atomic E-state index is -1.00. The average molecular weight is 288 g/mol. The quantitative estimate of drug-likeness (QED) is 0.854. The van der Waals surface area contributed by atoms with Gasteiger partial charge >= 0.3 is 5.97 Å². The van der Waals surface area contributed by atoms with Crippen LogP contribution in [0.2, 0.25) is 0 Å². The van der Waals surface area contributed by atoms with Crippen molar-refractivity contribution in [3.8, 4) is 11.5 Å². The summed E-state index contributed by atoms with van der Waals surface area (Å²) in [6, 6.07) is 11.7. The minimum absolute atomic E-state index is 0.123. The van der Waals surface area contributed by atoms with E-state index in [-0.39, 0.29) is 18.8 Å². The molecule has 5 nitrogen and oxygen atoms in total. The molecule has 0 fully saturated rings. The van der Waals surface area contributed by atoms with Crippen molar-refractivity contribution in [3.63, 3.8) is 0 Å². The average Bonchev–Trinajstić information content (AvgIpc) is 2.52. The number of hydrogen-bond acceptors (Lipinski definition) is 4. The maximum atomic E-state index is 11.0. The van der Waals surface area contributed by atoms with Crippen LogP contribution in [0.25, 0.3) is 0 Å². The number of para-hydroxylation sites is 1.